The first-order chi connectivity index (χ1) is 21.2. The lowest BCUT2D eigenvalue weighted by atomic mass is 10.0. The zero-order valence-electron chi connectivity index (χ0n) is 24.4. The molecule has 2 aliphatic rings. The second-order valence-electron chi connectivity index (χ2n) is 10.6. The third kappa shape index (κ3) is 7.35. The lowest BCUT2D eigenvalue weighted by molar-refractivity contribution is -0.150. The van der Waals surface area contributed by atoms with Crippen LogP contribution in [0.25, 0.3) is 10.9 Å². The number of amides is 1. The predicted octanol–water partition coefficient (Wildman–Crippen LogP) is 2.91. The molecule has 0 bridgehead atoms. The third-order valence-electron chi connectivity index (χ3n) is 7.33. The Kier molecular flexibility index (Phi) is 9.02. The summed E-state index contributed by atoms with van der Waals surface area (Å²) in [6.45, 7) is 0.292. The van der Waals surface area contributed by atoms with Crippen LogP contribution in [0.1, 0.15) is 22.8 Å². The van der Waals surface area contributed by atoms with E-state index in [1.165, 1.54) is 56.6 Å². The third-order valence-corrected chi connectivity index (χ3v) is 8.44. The number of esters is 1. The maximum atomic E-state index is 13.5. The van der Waals surface area contributed by atoms with Crippen LogP contribution in [0.5, 0.6) is 5.75 Å². The van der Waals surface area contributed by atoms with Gasteiger partial charge in [0.25, 0.3) is 5.91 Å². The molecular formula is C30H30F3N3O8S. The van der Waals surface area contributed by atoms with Gasteiger partial charge >= 0.3 is 12.1 Å². The van der Waals surface area contributed by atoms with Crippen molar-refractivity contribution in [1.82, 2.24) is 9.88 Å². The first-order valence-electron chi connectivity index (χ1n) is 13.8. The summed E-state index contributed by atoms with van der Waals surface area (Å²) in [5.41, 5.74) is 1.06. The lowest BCUT2D eigenvalue weighted by Gasteiger charge is -2.18. The SMILES string of the molecule is COc1cc(S(C)(=O)=O)ccc1NCC#Cc1cc(C(=O)N[C@H]2CO[C@H]3[C@@H]2OC[C@@H]3OC(C)=O)c2ccn(CC(F)(F)F)c2c1. The number of benzene rings is 2. The van der Waals surface area contributed by atoms with Crippen LogP contribution >= 0.6 is 0 Å². The fourth-order valence-electron chi connectivity index (χ4n) is 5.37. The number of alkyl halides is 3. The average molecular weight is 650 g/mol. The molecule has 1 amide bonds. The molecule has 0 aliphatic carbocycles. The van der Waals surface area contributed by atoms with E-state index in [1.807, 2.05) is 0 Å². The van der Waals surface area contributed by atoms with Crippen LogP contribution in [0.4, 0.5) is 18.9 Å². The summed E-state index contributed by atoms with van der Waals surface area (Å²) in [6.07, 6.45) is -3.89. The van der Waals surface area contributed by atoms with E-state index < -0.39 is 58.8 Å². The number of anilines is 1. The van der Waals surface area contributed by atoms with Gasteiger partial charge in [-0.05, 0) is 30.3 Å². The van der Waals surface area contributed by atoms with Crippen molar-refractivity contribution in [2.75, 3.05) is 38.4 Å². The highest BCUT2D eigenvalue weighted by Crippen LogP contribution is 2.31. The van der Waals surface area contributed by atoms with Gasteiger partial charge in [-0.15, -0.1) is 0 Å². The molecule has 0 radical (unpaired) electrons. The fraction of sp³-hybridized carbons (Fsp3) is 0.400. The van der Waals surface area contributed by atoms with Crippen molar-refractivity contribution < 1.29 is 50.1 Å². The number of nitrogens with one attached hydrogen (secondary N) is 2. The number of carbonyl (C=O) groups excluding carboxylic acids is 2. The van der Waals surface area contributed by atoms with E-state index in [9.17, 15) is 31.2 Å². The smallest absolute Gasteiger partial charge is 0.406 e. The molecule has 15 heteroatoms. The van der Waals surface area contributed by atoms with Crippen LogP contribution in [0.3, 0.4) is 0 Å². The second-order valence-corrected chi connectivity index (χ2v) is 12.6. The van der Waals surface area contributed by atoms with E-state index in [0.717, 1.165) is 10.8 Å². The van der Waals surface area contributed by atoms with Gasteiger partial charge in [-0.3, -0.25) is 9.59 Å². The van der Waals surface area contributed by atoms with Gasteiger partial charge in [0.15, 0.2) is 15.9 Å². The maximum Gasteiger partial charge on any atom is 0.406 e. The molecule has 45 heavy (non-hydrogen) atoms. The first kappa shape index (κ1) is 32.1. The van der Waals surface area contributed by atoms with Gasteiger partial charge < -0.3 is 34.1 Å². The Morgan fingerprint density at radius 2 is 1.87 bits per heavy atom. The van der Waals surface area contributed by atoms with Crippen molar-refractivity contribution in [3.8, 4) is 17.6 Å². The molecule has 1 aromatic heterocycles. The molecule has 5 rings (SSSR count). The number of rotatable bonds is 8. The van der Waals surface area contributed by atoms with Crippen LogP contribution in [0, 0.1) is 11.8 Å². The molecule has 2 fully saturated rings. The van der Waals surface area contributed by atoms with Crippen LogP contribution in [0.2, 0.25) is 0 Å². The Hall–Kier alpha value is -4.26. The van der Waals surface area contributed by atoms with Gasteiger partial charge in [0, 0.05) is 42.0 Å². The van der Waals surface area contributed by atoms with Crippen molar-refractivity contribution in [3.63, 3.8) is 0 Å². The molecule has 0 unspecified atom stereocenters. The molecule has 2 aromatic carbocycles. The molecule has 2 N–H and O–H groups in total. The molecule has 2 aliphatic heterocycles. The number of halogens is 3. The number of carbonyl (C=O) groups is 2. The molecule has 0 spiro atoms. The summed E-state index contributed by atoms with van der Waals surface area (Å²) in [4.78, 5) is 25.0. The normalized spacial score (nSPS) is 21.1. The lowest BCUT2D eigenvalue weighted by Crippen LogP contribution is -2.44. The van der Waals surface area contributed by atoms with Crippen LogP contribution < -0.4 is 15.4 Å². The van der Waals surface area contributed by atoms with E-state index >= 15 is 0 Å². The number of hydrogen-bond acceptors (Lipinski definition) is 9. The van der Waals surface area contributed by atoms with E-state index in [2.05, 4.69) is 22.5 Å². The summed E-state index contributed by atoms with van der Waals surface area (Å²) in [7, 11) is -2.05. The highest BCUT2D eigenvalue weighted by Gasteiger charge is 2.49. The van der Waals surface area contributed by atoms with Crippen LogP contribution in [0.15, 0.2) is 47.5 Å². The summed E-state index contributed by atoms with van der Waals surface area (Å²) in [6, 6.07) is 8.17. The fourth-order valence-corrected chi connectivity index (χ4v) is 6.01. The number of fused-ring (bicyclic) bond motifs is 2. The van der Waals surface area contributed by atoms with Crippen LogP contribution in [-0.4, -0.2) is 88.5 Å². The molecule has 240 valence electrons. The molecule has 2 saturated heterocycles. The van der Waals surface area contributed by atoms with Crippen molar-refractivity contribution in [1.29, 1.82) is 0 Å². The van der Waals surface area contributed by atoms with E-state index in [4.69, 9.17) is 18.9 Å². The Bertz CT molecular complexity index is 1800. The number of hydrogen-bond donors (Lipinski definition) is 2. The molecule has 4 atom stereocenters. The Morgan fingerprint density at radius 1 is 1.11 bits per heavy atom. The van der Waals surface area contributed by atoms with Crippen molar-refractivity contribution in [2.45, 2.75) is 48.9 Å². The number of ether oxygens (including phenoxy) is 4. The molecular weight excluding hydrogens is 619 g/mol. The maximum absolute atomic E-state index is 13.5. The van der Waals surface area contributed by atoms with Gasteiger partial charge in [0.2, 0.25) is 0 Å². The molecule has 3 aromatic rings. The Morgan fingerprint density at radius 3 is 2.56 bits per heavy atom. The molecule has 11 nitrogen and oxygen atoms in total. The topological polar surface area (TPSA) is 134 Å². The molecule has 3 heterocycles. The first-order valence-corrected chi connectivity index (χ1v) is 15.6. The van der Waals surface area contributed by atoms with Crippen molar-refractivity contribution in [3.05, 3.63) is 53.7 Å². The van der Waals surface area contributed by atoms with Gasteiger partial charge in [0.05, 0.1) is 49.0 Å². The number of aromatic nitrogens is 1. The standard InChI is InChI=1S/C30H30F3N3O8S/c1-17(37)44-26-15-43-27-23(14-42-28(26)27)35-29(38)21-11-18(12-24-20(21)8-10-36(24)16-30(31,32)33)5-4-9-34-22-7-6-19(45(3,39)40)13-25(22)41-2/h6-8,10-13,23,26-28,34H,9,14-16H2,1-3H3,(H,35,38)/t23-,26-,27+,28+/m0/s1. The van der Waals surface area contributed by atoms with Crippen LogP contribution in [-0.2, 0) is 35.4 Å². The largest absolute Gasteiger partial charge is 0.495 e. The van der Waals surface area contributed by atoms with Gasteiger partial charge in [0.1, 0.15) is 24.5 Å². The van der Waals surface area contributed by atoms with E-state index in [-0.39, 0.29) is 41.5 Å². The number of sulfone groups is 1. The summed E-state index contributed by atoms with van der Waals surface area (Å²) in [5, 5.41) is 6.18. The van der Waals surface area contributed by atoms with Crippen molar-refractivity contribution in [2.24, 2.45) is 0 Å². The minimum Gasteiger partial charge on any atom is -0.495 e. The highest BCUT2D eigenvalue weighted by atomic mass is 32.2. The van der Waals surface area contributed by atoms with Gasteiger partial charge in [-0.2, -0.15) is 13.2 Å². The molecule has 0 saturated carbocycles. The average Bonchev–Trinajstić information content (AvgIpc) is 3.66. The van der Waals surface area contributed by atoms with Crippen molar-refractivity contribution >= 4 is 38.3 Å². The summed E-state index contributed by atoms with van der Waals surface area (Å²) in [5.74, 6) is 5.01. The number of methoxy groups -OCH3 is 1. The van der Waals surface area contributed by atoms with E-state index in [0.29, 0.717) is 16.6 Å². The van der Waals surface area contributed by atoms with Gasteiger partial charge in [-0.1, -0.05) is 11.8 Å². The second kappa shape index (κ2) is 12.6. The number of nitrogens with zero attached hydrogens (tertiary/aromatic N) is 1. The zero-order chi connectivity index (χ0) is 32.5. The quantitative estimate of drug-likeness (QED) is 0.279. The monoisotopic (exact) mass is 649 g/mol. The Balaban J connectivity index is 1.38. The predicted molar refractivity (Wildman–Crippen MR) is 156 cm³/mol. The minimum atomic E-state index is -4.50. The summed E-state index contributed by atoms with van der Waals surface area (Å²) >= 11 is 0. The zero-order valence-corrected chi connectivity index (χ0v) is 25.3. The highest BCUT2D eigenvalue weighted by molar-refractivity contribution is 7.90. The minimum absolute atomic E-state index is 0.0705. The summed E-state index contributed by atoms with van der Waals surface area (Å²) < 4.78 is 86.7. The van der Waals surface area contributed by atoms with E-state index in [1.54, 1.807) is 0 Å². The van der Waals surface area contributed by atoms with Gasteiger partial charge in [-0.25, -0.2) is 8.42 Å². The Labute approximate surface area is 256 Å².